The van der Waals surface area contributed by atoms with E-state index in [0.29, 0.717) is 5.92 Å². The van der Waals surface area contributed by atoms with Gasteiger partial charge in [0.25, 0.3) is 0 Å². The van der Waals surface area contributed by atoms with E-state index in [1.165, 1.54) is 25.9 Å². The molecule has 2 unspecified atom stereocenters. The number of hydrogen-bond donors (Lipinski definition) is 1. The van der Waals surface area contributed by atoms with E-state index < -0.39 is 0 Å². The van der Waals surface area contributed by atoms with Gasteiger partial charge in [-0.05, 0) is 45.9 Å². The first kappa shape index (κ1) is 12.0. The summed E-state index contributed by atoms with van der Waals surface area (Å²) in [4.78, 5) is 4.90. The van der Waals surface area contributed by atoms with Crippen molar-refractivity contribution in [3.05, 3.63) is 0 Å². The quantitative estimate of drug-likeness (QED) is 0.704. The Labute approximate surface area is 88.2 Å². The third-order valence-corrected chi connectivity index (χ3v) is 3.22. The van der Waals surface area contributed by atoms with E-state index in [2.05, 4.69) is 30.8 Å². The molecule has 1 heterocycles. The van der Waals surface area contributed by atoms with Crippen LogP contribution >= 0.6 is 0 Å². The fourth-order valence-corrected chi connectivity index (χ4v) is 2.25. The van der Waals surface area contributed by atoms with Crippen LogP contribution in [0.4, 0.5) is 0 Å². The Morgan fingerprint density at radius 3 is 2.79 bits per heavy atom. The van der Waals surface area contributed by atoms with Crippen LogP contribution in [0.5, 0.6) is 0 Å². The molecule has 1 saturated heterocycles. The Morgan fingerprint density at radius 2 is 2.29 bits per heavy atom. The molecule has 1 aliphatic rings. The molecular formula is C11H25N3. The highest BCUT2D eigenvalue weighted by molar-refractivity contribution is 4.79. The maximum absolute atomic E-state index is 5.62. The van der Waals surface area contributed by atoms with Crippen molar-refractivity contribution in [3.8, 4) is 0 Å². The minimum atomic E-state index is 0.617. The highest BCUT2D eigenvalue weighted by atomic mass is 15.2. The molecule has 2 N–H and O–H groups in total. The summed E-state index contributed by atoms with van der Waals surface area (Å²) in [6.45, 7) is 6.60. The molecule has 0 bridgehead atoms. The van der Waals surface area contributed by atoms with Gasteiger partial charge >= 0.3 is 0 Å². The van der Waals surface area contributed by atoms with Gasteiger partial charge in [0.2, 0.25) is 0 Å². The summed E-state index contributed by atoms with van der Waals surface area (Å²) in [6.07, 6.45) is 2.72. The average molecular weight is 199 g/mol. The normalized spacial score (nSPS) is 25.9. The zero-order valence-corrected chi connectivity index (χ0v) is 9.87. The van der Waals surface area contributed by atoms with Crippen molar-refractivity contribution < 1.29 is 0 Å². The lowest BCUT2D eigenvalue weighted by Gasteiger charge is -2.27. The van der Waals surface area contributed by atoms with Crippen LogP contribution in [0.25, 0.3) is 0 Å². The summed E-state index contributed by atoms with van der Waals surface area (Å²) in [5, 5.41) is 0. The van der Waals surface area contributed by atoms with E-state index in [9.17, 15) is 0 Å². The average Bonchev–Trinajstić information content (AvgIpc) is 2.51. The molecule has 0 amide bonds. The summed E-state index contributed by atoms with van der Waals surface area (Å²) < 4.78 is 0. The molecule has 0 aromatic rings. The Morgan fingerprint density at radius 1 is 1.57 bits per heavy atom. The van der Waals surface area contributed by atoms with Gasteiger partial charge in [0.15, 0.2) is 0 Å². The van der Waals surface area contributed by atoms with Crippen molar-refractivity contribution in [3.63, 3.8) is 0 Å². The molecule has 0 aliphatic carbocycles. The third kappa shape index (κ3) is 3.56. The lowest BCUT2D eigenvalue weighted by molar-refractivity contribution is 0.204. The van der Waals surface area contributed by atoms with E-state index in [0.717, 1.165) is 19.1 Å². The van der Waals surface area contributed by atoms with Crippen molar-refractivity contribution in [1.29, 1.82) is 0 Å². The molecule has 0 spiro atoms. The second kappa shape index (κ2) is 5.69. The predicted octanol–water partition coefficient (Wildman–Crippen LogP) is 0.607. The first-order valence-electron chi connectivity index (χ1n) is 5.72. The molecule has 2 atom stereocenters. The van der Waals surface area contributed by atoms with Crippen molar-refractivity contribution in [2.75, 3.05) is 40.3 Å². The van der Waals surface area contributed by atoms with Gasteiger partial charge in [-0.15, -0.1) is 0 Å². The van der Waals surface area contributed by atoms with E-state index in [1.54, 1.807) is 0 Å². The Hall–Kier alpha value is -0.120. The Balaban J connectivity index is 2.22. The molecule has 0 aromatic heterocycles. The van der Waals surface area contributed by atoms with E-state index in [4.69, 9.17) is 5.73 Å². The van der Waals surface area contributed by atoms with Crippen LogP contribution in [0.3, 0.4) is 0 Å². The van der Waals surface area contributed by atoms with Crippen molar-refractivity contribution in [1.82, 2.24) is 9.80 Å². The van der Waals surface area contributed by atoms with Crippen molar-refractivity contribution >= 4 is 0 Å². The summed E-state index contributed by atoms with van der Waals surface area (Å²) in [6, 6.07) is 0.768. The van der Waals surface area contributed by atoms with Crippen LogP contribution in [0.2, 0.25) is 0 Å². The van der Waals surface area contributed by atoms with Crippen LogP contribution < -0.4 is 5.73 Å². The van der Waals surface area contributed by atoms with Crippen molar-refractivity contribution in [2.24, 2.45) is 11.7 Å². The van der Waals surface area contributed by atoms with Crippen molar-refractivity contribution in [2.45, 2.75) is 25.8 Å². The molecule has 14 heavy (non-hydrogen) atoms. The SMILES string of the molecule is CC(CN)CN(C)CC1CCCN1C. The molecule has 3 heteroatoms. The molecule has 1 rings (SSSR count). The second-order valence-corrected chi connectivity index (χ2v) is 4.84. The minimum absolute atomic E-state index is 0.617. The summed E-state index contributed by atoms with van der Waals surface area (Å²) in [7, 11) is 4.44. The van der Waals surface area contributed by atoms with Crippen LogP contribution in [-0.2, 0) is 0 Å². The van der Waals surface area contributed by atoms with Gasteiger partial charge in [0, 0.05) is 19.1 Å². The number of likely N-dealkylation sites (tertiary alicyclic amines) is 1. The van der Waals surface area contributed by atoms with Gasteiger partial charge in [-0.1, -0.05) is 6.92 Å². The van der Waals surface area contributed by atoms with Gasteiger partial charge in [-0.3, -0.25) is 0 Å². The highest BCUT2D eigenvalue weighted by Gasteiger charge is 2.22. The lowest BCUT2D eigenvalue weighted by atomic mass is 10.1. The molecule has 0 aromatic carbocycles. The first-order valence-corrected chi connectivity index (χ1v) is 5.72. The van der Waals surface area contributed by atoms with Gasteiger partial charge in [0.1, 0.15) is 0 Å². The highest BCUT2D eigenvalue weighted by Crippen LogP contribution is 2.15. The van der Waals surface area contributed by atoms with Crippen LogP contribution in [0, 0.1) is 5.92 Å². The summed E-state index contributed by atoms with van der Waals surface area (Å²) in [5.41, 5.74) is 5.62. The number of hydrogen-bond acceptors (Lipinski definition) is 3. The molecule has 3 nitrogen and oxygen atoms in total. The van der Waals surface area contributed by atoms with Gasteiger partial charge in [-0.25, -0.2) is 0 Å². The first-order chi connectivity index (χ1) is 6.63. The van der Waals surface area contributed by atoms with E-state index >= 15 is 0 Å². The largest absolute Gasteiger partial charge is 0.330 e. The fraction of sp³-hybridized carbons (Fsp3) is 1.00. The van der Waals surface area contributed by atoms with Gasteiger partial charge in [0.05, 0.1) is 0 Å². The maximum atomic E-state index is 5.62. The minimum Gasteiger partial charge on any atom is -0.330 e. The fourth-order valence-electron chi connectivity index (χ4n) is 2.25. The molecule has 1 fully saturated rings. The van der Waals surface area contributed by atoms with Gasteiger partial charge in [-0.2, -0.15) is 0 Å². The lowest BCUT2D eigenvalue weighted by Crippen LogP contribution is -2.39. The number of likely N-dealkylation sites (N-methyl/N-ethyl adjacent to an activating group) is 2. The summed E-state index contributed by atoms with van der Waals surface area (Å²) in [5.74, 6) is 0.617. The van der Waals surface area contributed by atoms with Crippen LogP contribution in [-0.4, -0.2) is 56.1 Å². The monoisotopic (exact) mass is 199 g/mol. The van der Waals surface area contributed by atoms with E-state index in [1.807, 2.05) is 0 Å². The van der Waals surface area contributed by atoms with Crippen LogP contribution in [0.15, 0.2) is 0 Å². The predicted molar refractivity (Wildman–Crippen MR) is 61.4 cm³/mol. The zero-order chi connectivity index (χ0) is 10.6. The standard InChI is InChI=1S/C11H25N3/c1-10(7-12)8-13(2)9-11-5-4-6-14(11)3/h10-11H,4-9,12H2,1-3H3. The third-order valence-electron chi connectivity index (χ3n) is 3.22. The smallest absolute Gasteiger partial charge is 0.0220 e. The number of rotatable bonds is 5. The molecule has 84 valence electrons. The molecular weight excluding hydrogens is 174 g/mol. The zero-order valence-electron chi connectivity index (χ0n) is 9.87. The summed E-state index contributed by atoms with van der Waals surface area (Å²) >= 11 is 0. The molecule has 1 aliphatic heterocycles. The topological polar surface area (TPSA) is 32.5 Å². The maximum Gasteiger partial charge on any atom is 0.0220 e. The van der Waals surface area contributed by atoms with Crippen LogP contribution in [0.1, 0.15) is 19.8 Å². The number of nitrogens with two attached hydrogens (primary N) is 1. The molecule has 0 radical (unpaired) electrons. The van der Waals surface area contributed by atoms with Gasteiger partial charge < -0.3 is 15.5 Å². The Bertz CT molecular complexity index is 161. The Kier molecular flexibility index (Phi) is 4.85. The van der Waals surface area contributed by atoms with E-state index in [-0.39, 0.29) is 0 Å². The number of nitrogens with zero attached hydrogens (tertiary/aromatic N) is 2. The second-order valence-electron chi connectivity index (χ2n) is 4.84. The molecule has 0 saturated carbocycles.